The van der Waals surface area contributed by atoms with E-state index in [-0.39, 0.29) is 22.9 Å². The van der Waals surface area contributed by atoms with Gasteiger partial charge in [0.15, 0.2) is 35.0 Å². The van der Waals surface area contributed by atoms with Crippen LogP contribution in [0.2, 0.25) is 0 Å². The first-order valence-corrected chi connectivity index (χ1v) is 16.2. The average molecular weight is 667 g/mol. The smallest absolute Gasteiger partial charge is 0.387 e. The number of phosphoric acid groups is 1. The van der Waals surface area contributed by atoms with Crippen LogP contribution in [0.5, 0.6) is 0 Å². The second-order valence-electron chi connectivity index (χ2n) is 11.0. The van der Waals surface area contributed by atoms with Crippen molar-refractivity contribution in [1.82, 2.24) is 39.0 Å². The topological polar surface area (TPSA) is 289 Å². The predicted molar refractivity (Wildman–Crippen MR) is 147 cm³/mol. The summed E-state index contributed by atoms with van der Waals surface area (Å²) in [6.45, 7) is -0.992. The number of aliphatic hydroxyl groups is 1. The molecule has 1 aliphatic carbocycles. The van der Waals surface area contributed by atoms with Crippen molar-refractivity contribution in [1.29, 1.82) is 0 Å². The molecule has 10 atom stereocenters. The maximum atomic E-state index is 13.4. The van der Waals surface area contributed by atoms with Crippen LogP contribution in [-0.4, -0.2) is 92.3 Å². The molecule has 0 spiro atoms. The molecule has 3 aliphatic heterocycles. The van der Waals surface area contributed by atoms with E-state index < -0.39 is 83.2 Å². The number of anilines is 2. The lowest BCUT2D eigenvalue weighted by Gasteiger charge is -2.32. The van der Waals surface area contributed by atoms with Crippen LogP contribution in [0.4, 0.5) is 11.8 Å². The molecule has 4 aromatic rings. The molecule has 10 unspecified atom stereocenters. The van der Waals surface area contributed by atoms with E-state index in [9.17, 15) is 23.9 Å². The minimum atomic E-state index is -4.97. The van der Waals surface area contributed by atoms with Crippen LogP contribution in [0.15, 0.2) is 23.8 Å². The average Bonchev–Trinajstić information content (AvgIpc) is 3.80. The summed E-state index contributed by atoms with van der Waals surface area (Å²) in [7, 11) is -7.80. The van der Waals surface area contributed by atoms with E-state index in [2.05, 4.69) is 29.9 Å². The molecule has 1 saturated carbocycles. The number of H-pyrrole nitrogens is 1. The van der Waals surface area contributed by atoms with Gasteiger partial charge < -0.3 is 30.9 Å². The van der Waals surface area contributed by atoms with Crippen molar-refractivity contribution in [3.05, 3.63) is 29.3 Å². The zero-order valence-corrected chi connectivity index (χ0v) is 24.6. The van der Waals surface area contributed by atoms with Gasteiger partial charge in [-0.25, -0.2) is 24.5 Å². The van der Waals surface area contributed by atoms with Crippen LogP contribution < -0.4 is 17.0 Å². The minimum absolute atomic E-state index is 0.0454. The molecule has 23 heteroatoms. The summed E-state index contributed by atoms with van der Waals surface area (Å²) in [5.41, 5.74) is 10.2. The highest BCUT2D eigenvalue weighted by Crippen LogP contribution is 2.59. The van der Waals surface area contributed by atoms with Crippen molar-refractivity contribution in [3.8, 4) is 0 Å². The quantitative estimate of drug-likeness (QED) is 0.170. The maximum absolute atomic E-state index is 13.4. The molecule has 4 aromatic heterocycles. The molecule has 45 heavy (non-hydrogen) atoms. The number of nitrogen functional groups attached to an aromatic ring is 2. The van der Waals surface area contributed by atoms with Gasteiger partial charge in [0.05, 0.1) is 19.3 Å². The molecular formula is C22H25N10O11P2+. The number of fused-ring (bicyclic) bond motifs is 4. The van der Waals surface area contributed by atoms with E-state index in [1.54, 1.807) is 4.57 Å². The van der Waals surface area contributed by atoms with Gasteiger partial charge in [0.25, 0.3) is 5.56 Å². The van der Waals surface area contributed by atoms with Gasteiger partial charge >= 0.3 is 16.1 Å². The molecule has 0 radical (unpaired) electrons. The summed E-state index contributed by atoms with van der Waals surface area (Å²) in [6.07, 6.45) is -2.68. The summed E-state index contributed by atoms with van der Waals surface area (Å²) >= 11 is 0. The SMILES string of the molecule is Nc1nc2c(ncn2C2OC3CO[P+](=O)OC4C5CCC4(COP(=O)(O)OC2C3O)OC5n2cnc3c(N)ncnc32)c(=O)[nH]1. The highest BCUT2D eigenvalue weighted by molar-refractivity contribution is 7.47. The summed E-state index contributed by atoms with van der Waals surface area (Å²) in [5.74, 6) is -0.478. The lowest BCUT2D eigenvalue weighted by molar-refractivity contribution is -0.137. The fraction of sp³-hybridized carbons (Fsp3) is 0.545. The molecule has 4 bridgehead atoms. The highest BCUT2D eigenvalue weighted by atomic mass is 31.2. The number of aromatic amines is 1. The number of ether oxygens (including phenoxy) is 2. The Morgan fingerprint density at radius 1 is 1.11 bits per heavy atom. The lowest BCUT2D eigenvalue weighted by atomic mass is 10.0. The Bertz CT molecular complexity index is 1950. The third kappa shape index (κ3) is 4.58. The number of imidazole rings is 2. The fourth-order valence-electron chi connectivity index (χ4n) is 6.48. The van der Waals surface area contributed by atoms with Crippen LogP contribution >= 0.6 is 16.1 Å². The number of nitrogens with one attached hydrogen (secondary N) is 1. The van der Waals surface area contributed by atoms with Crippen molar-refractivity contribution < 1.29 is 46.7 Å². The summed E-state index contributed by atoms with van der Waals surface area (Å²) in [4.78, 5) is 46.1. The second kappa shape index (κ2) is 10.3. The van der Waals surface area contributed by atoms with Gasteiger partial charge in [-0.15, -0.1) is 9.05 Å². The van der Waals surface area contributed by atoms with Crippen LogP contribution in [0, 0.1) is 5.92 Å². The van der Waals surface area contributed by atoms with E-state index in [4.69, 9.17) is 39.0 Å². The Balaban J connectivity index is 1.12. The molecule has 0 aromatic carbocycles. The van der Waals surface area contributed by atoms with Crippen LogP contribution in [-0.2, 0) is 36.7 Å². The maximum Gasteiger partial charge on any atom is 0.697 e. The van der Waals surface area contributed by atoms with Crippen molar-refractivity contribution >= 4 is 50.2 Å². The monoisotopic (exact) mass is 667 g/mol. The Hall–Kier alpha value is -3.49. The van der Waals surface area contributed by atoms with Gasteiger partial charge in [0, 0.05) is 10.5 Å². The number of nitrogens with zero attached hydrogens (tertiary/aromatic N) is 7. The lowest BCUT2D eigenvalue weighted by Crippen LogP contribution is -2.42. The number of rotatable bonds is 2. The fourth-order valence-corrected chi connectivity index (χ4v) is 8.32. The Kier molecular flexibility index (Phi) is 6.60. The molecule has 8 rings (SSSR count). The Morgan fingerprint density at radius 2 is 1.89 bits per heavy atom. The molecule has 0 amide bonds. The summed E-state index contributed by atoms with van der Waals surface area (Å²) in [5, 5.41) is 11.1. The molecule has 238 valence electrons. The van der Waals surface area contributed by atoms with E-state index in [0.717, 1.165) is 0 Å². The molecule has 7 N–H and O–H groups in total. The first kappa shape index (κ1) is 28.9. The number of hydrogen-bond acceptors (Lipinski definition) is 17. The number of hydrogen-bond donors (Lipinski definition) is 5. The van der Waals surface area contributed by atoms with Gasteiger partial charge in [-0.3, -0.25) is 28.0 Å². The van der Waals surface area contributed by atoms with Crippen LogP contribution in [0.3, 0.4) is 0 Å². The zero-order valence-electron chi connectivity index (χ0n) is 22.9. The third-order valence-corrected chi connectivity index (χ3v) is 10.2. The molecule has 21 nitrogen and oxygen atoms in total. The first-order valence-electron chi connectivity index (χ1n) is 13.6. The number of phosphoric ester groups is 1. The Labute approximate surface area is 251 Å². The van der Waals surface area contributed by atoms with Crippen LogP contribution in [0.1, 0.15) is 25.3 Å². The largest absolute Gasteiger partial charge is 0.697 e. The van der Waals surface area contributed by atoms with Crippen molar-refractivity contribution in [2.45, 2.75) is 55.3 Å². The van der Waals surface area contributed by atoms with E-state index >= 15 is 0 Å². The summed E-state index contributed by atoms with van der Waals surface area (Å²) < 4.78 is 64.1. The van der Waals surface area contributed by atoms with Gasteiger partial charge in [0.2, 0.25) is 5.95 Å². The molecular weight excluding hydrogens is 642 g/mol. The zero-order chi connectivity index (χ0) is 31.2. The third-order valence-electron chi connectivity index (χ3n) is 8.50. The normalized spacial score (nSPS) is 37.8. The summed E-state index contributed by atoms with van der Waals surface area (Å²) in [6, 6.07) is 0. The molecule has 7 heterocycles. The predicted octanol–water partition coefficient (Wildman–Crippen LogP) is -0.365. The first-order chi connectivity index (χ1) is 21.5. The Morgan fingerprint density at radius 3 is 2.71 bits per heavy atom. The van der Waals surface area contributed by atoms with Crippen molar-refractivity contribution in [2.24, 2.45) is 5.92 Å². The van der Waals surface area contributed by atoms with E-state index in [1.807, 2.05) is 0 Å². The standard InChI is InChI=1S/C22H24N10O11P2/c23-15-10-16(26-5-25-15)31(6-27-10)19-8-1-2-22(41-19)4-39-45(36,37)43-13-12(33)9(3-38-44(35)42-14(8)22)40-20(13)32-7-28-11-17(32)29-21(24)30-18(11)34/h5-9,12-14,19-20,33H,1-4H2,(H5-,23,24,25,26,29,30,34,36,37)/p+1. The van der Waals surface area contributed by atoms with Crippen molar-refractivity contribution in [3.63, 3.8) is 0 Å². The highest BCUT2D eigenvalue weighted by Gasteiger charge is 2.66. The van der Waals surface area contributed by atoms with Gasteiger partial charge in [-0.05, 0) is 12.8 Å². The van der Waals surface area contributed by atoms with Gasteiger partial charge in [0.1, 0.15) is 48.6 Å². The van der Waals surface area contributed by atoms with Gasteiger partial charge in [-0.2, -0.15) is 4.98 Å². The minimum Gasteiger partial charge on any atom is -0.387 e. The second-order valence-corrected chi connectivity index (χ2v) is 13.4. The van der Waals surface area contributed by atoms with Crippen LogP contribution in [0.25, 0.3) is 22.3 Å². The van der Waals surface area contributed by atoms with Gasteiger partial charge in [-0.1, -0.05) is 0 Å². The number of aliphatic hydroxyl groups excluding tert-OH is 1. The van der Waals surface area contributed by atoms with E-state index in [1.165, 1.54) is 23.5 Å². The van der Waals surface area contributed by atoms with Crippen molar-refractivity contribution in [2.75, 3.05) is 24.7 Å². The number of aromatic nitrogens is 8. The molecule has 4 fully saturated rings. The van der Waals surface area contributed by atoms with E-state index in [0.29, 0.717) is 24.0 Å². The molecule has 3 saturated heterocycles. The number of nitrogens with two attached hydrogens (primary N) is 2. The molecule has 4 aliphatic rings.